The van der Waals surface area contributed by atoms with Gasteiger partial charge in [-0.1, -0.05) is 18.1 Å². The Morgan fingerprint density at radius 2 is 1.65 bits per heavy atom. The number of aromatic nitrogens is 5. The number of fused-ring (bicyclic) bond motifs is 1. The summed E-state index contributed by atoms with van der Waals surface area (Å²) >= 11 is 0. The zero-order valence-corrected chi connectivity index (χ0v) is 19.4. The molecule has 6 nitrogen and oxygen atoms in total. The molecule has 0 fully saturated rings. The van der Waals surface area contributed by atoms with E-state index in [0.29, 0.717) is 12.4 Å². The van der Waals surface area contributed by atoms with Crippen molar-refractivity contribution in [2.75, 3.05) is 5.32 Å². The van der Waals surface area contributed by atoms with Crippen LogP contribution in [0.25, 0.3) is 22.2 Å². The molecular weight excluding hydrogens is 420 g/mol. The van der Waals surface area contributed by atoms with Gasteiger partial charge in [0.25, 0.3) is 0 Å². The predicted octanol–water partition coefficient (Wildman–Crippen LogP) is 5.36. The Hall–Kier alpha value is -4.50. The molecule has 0 aliphatic heterocycles. The Balaban J connectivity index is 1.53. The summed E-state index contributed by atoms with van der Waals surface area (Å²) in [5.74, 6) is 3.16. The molecule has 0 unspecified atom stereocenters. The number of hydrogen-bond acceptors (Lipinski definition) is 5. The zero-order chi connectivity index (χ0) is 23.7. The van der Waals surface area contributed by atoms with Crippen LogP contribution < -0.4 is 5.32 Å². The molecule has 0 bridgehead atoms. The van der Waals surface area contributed by atoms with Crippen molar-refractivity contribution >= 4 is 22.7 Å². The Bertz CT molecular complexity index is 1500. The smallest absolute Gasteiger partial charge is 0.229 e. The van der Waals surface area contributed by atoms with Crippen molar-refractivity contribution in [1.29, 1.82) is 0 Å². The Morgan fingerprint density at radius 3 is 2.32 bits per heavy atom. The minimum absolute atomic E-state index is 0.531. The second kappa shape index (κ2) is 8.80. The van der Waals surface area contributed by atoms with Crippen molar-refractivity contribution in [3.05, 3.63) is 95.1 Å². The maximum absolute atomic E-state index is 5.47. The maximum atomic E-state index is 5.47. The van der Waals surface area contributed by atoms with Crippen molar-refractivity contribution < 1.29 is 0 Å². The molecule has 3 heterocycles. The molecular formula is C28H24N6. The minimum atomic E-state index is 0.531. The van der Waals surface area contributed by atoms with Crippen molar-refractivity contribution in [1.82, 2.24) is 24.7 Å². The van der Waals surface area contributed by atoms with Gasteiger partial charge in [0.2, 0.25) is 5.95 Å². The van der Waals surface area contributed by atoms with E-state index in [0.717, 1.165) is 33.5 Å². The molecule has 3 aromatic heterocycles. The Labute approximate surface area is 198 Å². The van der Waals surface area contributed by atoms with Crippen LogP contribution in [0, 0.1) is 26.2 Å². The van der Waals surface area contributed by atoms with Crippen molar-refractivity contribution in [3.8, 4) is 23.5 Å². The van der Waals surface area contributed by atoms with Crippen LogP contribution >= 0.6 is 0 Å². The second-order valence-electron chi connectivity index (χ2n) is 8.35. The number of nitrogens with zero attached hydrogens (tertiary/aromatic N) is 5. The normalized spacial score (nSPS) is 10.9. The van der Waals surface area contributed by atoms with E-state index < -0.39 is 0 Å². The average Bonchev–Trinajstić information content (AvgIpc) is 3.23. The molecule has 1 N–H and O–H groups in total. The summed E-state index contributed by atoms with van der Waals surface area (Å²) in [6.07, 6.45) is 11.6. The molecule has 0 saturated heterocycles. The van der Waals surface area contributed by atoms with Crippen molar-refractivity contribution in [3.63, 3.8) is 0 Å². The first-order valence-corrected chi connectivity index (χ1v) is 11.0. The lowest BCUT2D eigenvalue weighted by Crippen LogP contribution is -2.05. The molecule has 166 valence electrons. The number of anilines is 2. The molecule has 2 aromatic carbocycles. The van der Waals surface area contributed by atoms with Gasteiger partial charge >= 0.3 is 0 Å². The molecule has 0 amide bonds. The van der Waals surface area contributed by atoms with Gasteiger partial charge in [-0.05, 0) is 78.1 Å². The fourth-order valence-corrected chi connectivity index (χ4v) is 4.20. The third kappa shape index (κ3) is 4.12. The molecule has 5 rings (SSSR count). The molecule has 0 atom stereocenters. The lowest BCUT2D eigenvalue weighted by atomic mass is 9.93. The van der Waals surface area contributed by atoms with Gasteiger partial charge in [-0.15, -0.1) is 6.42 Å². The summed E-state index contributed by atoms with van der Waals surface area (Å²) < 4.78 is 1.78. The van der Waals surface area contributed by atoms with Crippen molar-refractivity contribution in [2.24, 2.45) is 7.05 Å². The highest BCUT2D eigenvalue weighted by Gasteiger charge is 2.15. The summed E-state index contributed by atoms with van der Waals surface area (Å²) in [4.78, 5) is 13.7. The van der Waals surface area contributed by atoms with E-state index in [9.17, 15) is 0 Å². The first-order chi connectivity index (χ1) is 16.5. The first kappa shape index (κ1) is 21.4. The zero-order valence-electron chi connectivity index (χ0n) is 19.4. The number of terminal acetylenes is 1. The van der Waals surface area contributed by atoms with Crippen LogP contribution in [0.3, 0.4) is 0 Å². The first-order valence-electron chi connectivity index (χ1n) is 11.0. The minimum Gasteiger partial charge on any atom is -0.324 e. The number of rotatable bonds is 5. The molecule has 0 aliphatic carbocycles. The van der Waals surface area contributed by atoms with Gasteiger partial charge in [-0.25, -0.2) is 4.98 Å². The van der Waals surface area contributed by atoms with Crippen LogP contribution in [0.15, 0.2) is 67.1 Å². The van der Waals surface area contributed by atoms with Gasteiger partial charge in [0.05, 0.1) is 17.3 Å². The van der Waals surface area contributed by atoms with E-state index in [1.807, 2.05) is 62.0 Å². The largest absolute Gasteiger partial charge is 0.324 e. The summed E-state index contributed by atoms with van der Waals surface area (Å²) in [6, 6.07) is 16.2. The maximum Gasteiger partial charge on any atom is 0.229 e. The fraction of sp³-hybridized carbons (Fsp3) is 0.143. The van der Waals surface area contributed by atoms with E-state index in [-0.39, 0.29) is 0 Å². The van der Waals surface area contributed by atoms with Crippen LogP contribution in [0.2, 0.25) is 0 Å². The number of hydrogen-bond donors (Lipinski definition) is 1. The molecule has 0 spiro atoms. The highest BCUT2D eigenvalue weighted by molar-refractivity contribution is 5.79. The molecule has 0 aliphatic rings. The van der Waals surface area contributed by atoms with Gasteiger partial charge in [0.1, 0.15) is 0 Å². The second-order valence-corrected chi connectivity index (χ2v) is 8.35. The molecule has 0 saturated carbocycles. The van der Waals surface area contributed by atoms with E-state index in [2.05, 4.69) is 47.3 Å². The summed E-state index contributed by atoms with van der Waals surface area (Å²) in [7, 11) is 1.89. The fourth-order valence-electron chi connectivity index (χ4n) is 4.20. The van der Waals surface area contributed by atoms with Crippen LogP contribution in [0.5, 0.6) is 0 Å². The number of nitrogens with one attached hydrogen (secondary N) is 1. The molecule has 5 aromatic rings. The van der Waals surface area contributed by atoms with Crippen LogP contribution in [0.1, 0.15) is 27.9 Å². The van der Waals surface area contributed by atoms with Crippen LogP contribution in [-0.4, -0.2) is 24.7 Å². The van der Waals surface area contributed by atoms with Crippen LogP contribution in [0.4, 0.5) is 11.6 Å². The lowest BCUT2D eigenvalue weighted by molar-refractivity contribution is 0.785. The third-order valence-corrected chi connectivity index (χ3v) is 6.03. The van der Waals surface area contributed by atoms with Crippen molar-refractivity contribution in [2.45, 2.75) is 20.3 Å². The van der Waals surface area contributed by atoms with Gasteiger partial charge in [-0.2, -0.15) is 10.1 Å². The Kier molecular flexibility index (Phi) is 5.52. The molecule has 6 heteroatoms. The highest BCUT2D eigenvalue weighted by atomic mass is 15.3. The molecule has 0 radical (unpaired) electrons. The lowest BCUT2D eigenvalue weighted by Gasteiger charge is -2.14. The van der Waals surface area contributed by atoms with Gasteiger partial charge in [0, 0.05) is 37.1 Å². The summed E-state index contributed by atoms with van der Waals surface area (Å²) in [5.41, 5.74) is 9.48. The third-order valence-electron chi connectivity index (χ3n) is 6.03. The summed E-state index contributed by atoms with van der Waals surface area (Å²) in [5, 5.41) is 8.69. The van der Waals surface area contributed by atoms with E-state index in [1.54, 1.807) is 4.68 Å². The average molecular weight is 445 g/mol. The van der Waals surface area contributed by atoms with E-state index >= 15 is 0 Å². The van der Waals surface area contributed by atoms with Crippen LogP contribution in [-0.2, 0) is 13.5 Å². The quantitative estimate of drug-likeness (QED) is 0.370. The monoisotopic (exact) mass is 444 g/mol. The Morgan fingerprint density at radius 1 is 0.941 bits per heavy atom. The highest BCUT2D eigenvalue weighted by Crippen LogP contribution is 2.28. The van der Waals surface area contributed by atoms with Gasteiger partial charge in [-0.3, -0.25) is 9.67 Å². The van der Waals surface area contributed by atoms with Gasteiger partial charge < -0.3 is 5.32 Å². The van der Waals surface area contributed by atoms with E-state index in [1.165, 1.54) is 22.3 Å². The predicted molar refractivity (Wildman–Crippen MR) is 136 cm³/mol. The number of benzene rings is 2. The number of aryl methyl sites for hydroxylation is 3. The van der Waals surface area contributed by atoms with E-state index in [4.69, 9.17) is 16.4 Å². The summed E-state index contributed by atoms with van der Waals surface area (Å²) in [6.45, 7) is 4.31. The standard InChI is InChI=1S/C28H24N6/c1-5-20-6-8-23(9-7-20)31-28-32-26(25-17-30-34(4)27(25)33-28)16-24-18(2)14-22(15-19(24)3)21-10-12-29-13-11-21/h1,6-15,17H,16H2,2-4H3,(H,31,32,33). The van der Waals surface area contributed by atoms with Gasteiger partial charge in [0.15, 0.2) is 5.65 Å². The SMILES string of the molecule is C#Cc1ccc(Nc2nc(Cc3c(C)cc(-c4ccncc4)cc3C)c3cnn(C)c3n2)cc1. The number of pyridine rings is 1. The molecule has 34 heavy (non-hydrogen) atoms. The topological polar surface area (TPSA) is 68.5 Å².